The molecule has 1 aliphatic rings. The van der Waals surface area contributed by atoms with Crippen molar-refractivity contribution in [1.29, 1.82) is 0 Å². The zero-order valence-corrected chi connectivity index (χ0v) is 18.8. The van der Waals surface area contributed by atoms with E-state index in [9.17, 15) is 9.59 Å². The van der Waals surface area contributed by atoms with Gasteiger partial charge in [-0.3, -0.25) is 4.79 Å². The number of ether oxygens (including phenoxy) is 1. The Hall–Kier alpha value is -3.33. The van der Waals surface area contributed by atoms with Crippen molar-refractivity contribution in [1.82, 2.24) is 20.2 Å². The fourth-order valence-electron chi connectivity index (χ4n) is 3.52. The van der Waals surface area contributed by atoms with Crippen molar-refractivity contribution in [2.45, 2.75) is 25.8 Å². The largest absolute Gasteiger partial charge is 0.464 e. The molecule has 9 heteroatoms. The van der Waals surface area contributed by atoms with E-state index in [1.807, 2.05) is 24.3 Å². The number of allylic oxidation sites excluding steroid dienone is 1. The summed E-state index contributed by atoms with van der Waals surface area (Å²) in [5.41, 5.74) is 2.61. The Labute approximate surface area is 187 Å². The van der Waals surface area contributed by atoms with Gasteiger partial charge >= 0.3 is 5.97 Å². The molecule has 158 valence electrons. The molecule has 0 saturated carbocycles. The second-order valence-corrected chi connectivity index (χ2v) is 8.33. The van der Waals surface area contributed by atoms with Crippen molar-refractivity contribution < 1.29 is 14.3 Å². The zero-order valence-electron chi connectivity index (χ0n) is 17.2. The highest BCUT2D eigenvalue weighted by molar-refractivity contribution is 9.10. The van der Waals surface area contributed by atoms with Crippen LogP contribution in [0, 0.1) is 0 Å². The number of carbonyl (C=O) groups is 2. The number of nitrogens with one attached hydrogen (secondary N) is 1. The lowest BCUT2D eigenvalue weighted by molar-refractivity contribution is -0.136. The molecular formula is C22H20BrN5O3. The maximum atomic E-state index is 13.6. The summed E-state index contributed by atoms with van der Waals surface area (Å²) in [6, 6.07) is 14.1. The number of methoxy groups -OCH3 is 1. The number of aromatic nitrogens is 4. The van der Waals surface area contributed by atoms with E-state index in [-0.39, 0.29) is 23.0 Å². The number of benzene rings is 2. The molecule has 1 aromatic heterocycles. The zero-order chi connectivity index (χ0) is 22.1. The second kappa shape index (κ2) is 8.43. The quantitative estimate of drug-likeness (QED) is 0.435. The topological polar surface area (TPSA) is 99.0 Å². The molecule has 0 amide bonds. The first-order valence-corrected chi connectivity index (χ1v) is 10.5. The molecule has 2 aromatic carbocycles. The van der Waals surface area contributed by atoms with Crippen LogP contribution in [0.2, 0.25) is 0 Å². The van der Waals surface area contributed by atoms with E-state index in [0.29, 0.717) is 11.5 Å². The minimum atomic E-state index is -0.697. The molecule has 1 aliphatic heterocycles. The van der Waals surface area contributed by atoms with Crippen LogP contribution < -0.4 is 5.32 Å². The van der Waals surface area contributed by atoms with E-state index in [1.165, 1.54) is 11.8 Å². The van der Waals surface area contributed by atoms with Crippen molar-refractivity contribution in [3.63, 3.8) is 0 Å². The molecule has 31 heavy (non-hydrogen) atoms. The van der Waals surface area contributed by atoms with E-state index in [0.717, 1.165) is 15.6 Å². The average Bonchev–Trinajstić information content (AvgIpc) is 3.25. The van der Waals surface area contributed by atoms with Crippen molar-refractivity contribution in [2.75, 3.05) is 12.4 Å². The molecule has 0 aliphatic carbocycles. The van der Waals surface area contributed by atoms with Gasteiger partial charge in [0, 0.05) is 10.0 Å². The number of tetrazole rings is 1. The lowest BCUT2D eigenvalue weighted by Crippen LogP contribution is -2.33. The fraction of sp³-hybridized carbons (Fsp3) is 0.227. The Kier molecular flexibility index (Phi) is 5.69. The number of esters is 1. The van der Waals surface area contributed by atoms with Crippen LogP contribution in [-0.4, -0.2) is 39.1 Å². The summed E-state index contributed by atoms with van der Waals surface area (Å²) in [7, 11) is 1.27. The van der Waals surface area contributed by atoms with Crippen molar-refractivity contribution in [2.24, 2.45) is 0 Å². The van der Waals surface area contributed by atoms with Gasteiger partial charge in [-0.05, 0) is 51.7 Å². The number of ketones is 1. The second-order valence-electron chi connectivity index (χ2n) is 7.41. The Bertz CT molecular complexity index is 1170. The van der Waals surface area contributed by atoms with Gasteiger partial charge in [0.15, 0.2) is 5.78 Å². The van der Waals surface area contributed by atoms with Gasteiger partial charge in [0.1, 0.15) is 11.7 Å². The number of anilines is 1. The summed E-state index contributed by atoms with van der Waals surface area (Å²) in [6.07, 6.45) is 0. The molecule has 0 bridgehead atoms. The summed E-state index contributed by atoms with van der Waals surface area (Å²) >= 11 is 3.38. The van der Waals surface area contributed by atoms with E-state index in [1.54, 1.807) is 24.3 Å². The van der Waals surface area contributed by atoms with Crippen molar-refractivity contribution >= 4 is 33.6 Å². The summed E-state index contributed by atoms with van der Waals surface area (Å²) < 4.78 is 7.30. The number of hydrogen-bond acceptors (Lipinski definition) is 7. The van der Waals surface area contributed by atoms with E-state index in [2.05, 4.69) is 50.6 Å². The Morgan fingerprint density at radius 3 is 2.39 bits per heavy atom. The van der Waals surface area contributed by atoms with Gasteiger partial charge in [-0.25, -0.2) is 4.79 Å². The van der Waals surface area contributed by atoms with Crippen LogP contribution in [0.3, 0.4) is 0 Å². The van der Waals surface area contributed by atoms with Crippen LogP contribution in [0.1, 0.15) is 47.3 Å². The highest BCUT2D eigenvalue weighted by Crippen LogP contribution is 2.37. The summed E-state index contributed by atoms with van der Waals surface area (Å²) in [4.78, 5) is 26.3. The number of hydrogen-bond donors (Lipinski definition) is 1. The number of fused-ring (bicyclic) bond motifs is 1. The number of nitrogens with zero attached hydrogens (tertiary/aromatic N) is 4. The molecule has 0 unspecified atom stereocenters. The molecule has 2 heterocycles. The Morgan fingerprint density at radius 2 is 1.77 bits per heavy atom. The summed E-state index contributed by atoms with van der Waals surface area (Å²) in [5, 5.41) is 14.6. The first kappa shape index (κ1) is 20.9. The average molecular weight is 482 g/mol. The van der Waals surface area contributed by atoms with Crippen LogP contribution in [0.25, 0.3) is 0 Å². The highest BCUT2D eigenvalue weighted by atomic mass is 79.9. The molecule has 4 rings (SSSR count). The van der Waals surface area contributed by atoms with E-state index < -0.39 is 12.0 Å². The number of rotatable bonds is 5. The minimum absolute atomic E-state index is 0.0238. The third-order valence-corrected chi connectivity index (χ3v) is 5.71. The Morgan fingerprint density at radius 1 is 1.10 bits per heavy atom. The van der Waals surface area contributed by atoms with Crippen molar-refractivity contribution in [3.8, 4) is 0 Å². The summed E-state index contributed by atoms with van der Waals surface area (Å²) in [5.74, 6) is -0.376. The maximum absolute atomic E-state index is 13.6. The molecule has 1 N–H and O–H groups in total. The van der Waals surface area contributed by atoms with Gasteiger partial charge in [-0.15, -0.1) is 0 Å². The molecule has 0 radical (unpaired) electrons. The number of halogens is 1. The predicted octanol–water partition coefficient (Wildman–Crippen LogP) is 3.88. The molecule has 1 atom stereocenters. The predicted molar refractivity (Wildman–Crippen MR) is 118 cm³/mol. The Balaban J connectivity index is 1.91. The number of carbonyl (C=O) groups excluding carboxylic acids is 2. The van der Waals surface area contributed by atoms with Crippen LogP contribution in [-0.2, 0) is 9.53 Å². The fourth-order valence-corrected chi connectivity index (χ4v) is 3.78. The van der Waals surface area contributed by atoms with Gasteiger partial charge in [-0.2, -0.15) is 4.68 Å². The van der Waals surface area contributed by atoms with Gasteiger partial charge in [0.25, 0.3) is 0 Å². The van der Waals surface area contributed by atoms with E-state index >= 15 is 0 Å². The smallest absolute Gasteiger partial charge is 0.355 e. The third-order valence-electron chi connectivity index (χ3n) is 5.18. The SMILES string of the molecule is COC(=O)C1=C(C(=O)c2ccc(Br)cc2)[C@@H](c2ccc(C(C)C)cc2)n2nnnc2N1. The van der Waals surface area contributed by atoms with Gasteiger partial charge in [0.2, 0.25) is 5.95 Å². The van der Waals surface area contributed by atoms with Crippen molar-refractivity contribution in [3.05, 3.63) is 81.0 Å². The standard InChI is InChI=1S/C22H20BrN5O3/c1-12(2)13-4-6-14(7-5-13)19-17(20(29)15-8-10-16(23)11-9-15)18(21(30)31-3)24-22-25-26-27-28(19)22/h4-12,19H,1-3H3,(H,24,25,27)/t19-/m1/s1. The monoisotopic (exact) mass is 481 g/mol. The minimum Gasteiger partial charge on any atom is -0.464 e. The highest BCUT2D eigenvalue weighted by Gasteiger charge is 2.38. The number of Topliss-reactive ketones (excluding diaryl/α,β-unsaturated/α-hetero) is 1. The lowest BCUT2D eigenvalue weighted by atomic mass is 9.88. The molecule has 0 spiro atoms. The first-order valence-electron chi connectivity index (χ1n) is 9.68. The molecule has 0 fully saturated rings. The van der Waals surface area contributed by atoms with Crippen LogP contribution in [0.4, 0.5) is 5.95 Å². The van der Waals surface area contributed by atoms with Crippen LogP contribution >= 0.6 is 15.9 Å². The summed E-state index contributed by atoms with van der Waals surface area (Å²) in [6.45, 7) is 4.22. The van der Waals surface area contributed by atoms with Crippen LogP contribution in [0.5, 0.6) is 0 Å². The lowest BCUT2D eigenvalue weighted by Gasteiger charge is -2.28. The van der Waals surface area contributed by atoms with E-state index in [4.69, 9.17) is 4.74 Å². The molecule has 8 nitrogen and oxygen atoms in total. The van der Waals surface area contributed by atoms with Crippen LogP contribution in [0.15, 0.2) is 64.3 Å². The molecule has 3 aromatic rings. The maximum Gasteiger partial charge on any atom is 0.355 e. The van der Waals surface area contributed by atoms with Gasteiger partial charge < -0.3 is 10.1 Å². The van der Waals surface area contributed by atoms with Gasteiger partial charge in [0.05, 0.1) is 12.7 Å². The first-order chi connectivity index (χ1) is 14.9. The van der Waals surface area contributed by atoms with Gasteiger partial charge in [-0.1, -0.05) is 59.1 Å². The normalized spacial score (nSPS) is 15.5. The molecular weight excluding hydrogens is 462 g/mol. The third kappa shape index (κ3) is 3.88. The molecule has 0 saturated heterocycles.